The number of Topliss-reactive ketones (excluding diaryl/α,β-unsaturated/α-hetero) is 1. The Kier molecular flexibility index (Phi) is 4.66. The standard InChI is InChI=1S/C12H15NO4/c1-8(15)13-11(7-14)12(16)9-3-5-10(17-2)6-4-9/h3-6,11,14H,7H2,1-2H3,(H,13,15). The van der Waals surface area contributed by atoms with Crippen LogP contribution in [0.2, 0.25) is 0 Å². The van der Waals surface area contributed by atoms with Crippen molar-refractivity contribution >= 4 is 11.7 Å². The summed E-state index contributed by atoms with van der Waals surface area (Å²) in [6.45, 7) is 0.869. The van der Waals surface area contributed by atoms with Gasteiger partial charge in [-0.1, -0.05) is 0 Å². The molecule has 0 radical (unpaired) electrons. The number of hydrogen-bond acceptors (Lipinski definition) is 4. The summed E-state index contributed by atoms with van der Waals surface area (Å²) in [5.41, 5.74) is 0.415. The molecule has 92 valence electrons. The number of methoxy groups -OCH3 is 1. The molecule has 0 aliphatic carbocycles. The van der Waals surface area contributed by atoms with E-state index in [1.54, 1.807) is 24.3 Å². The maximum absolute atomic E-state index is 11.9. The minimum Gasteiger partial charge on any atom is -0.497 e. The van der Waals surface area contributed by atoms with Crippen LogP contribution in [0, 0.1) is 0 Å². The van der Waals surface area contributed by atoms with Gasteiger partial charge in [-0.25, -0.2) is 0 Å². The lowest BCUT2D eigenvalue weighted by molar-refractivity contribution is -0.119. The van der Waals surface area contributed by atoms with Crippen LogP contribution >= 0.6 is 0 Å². The molecule has 5 heteroatoms. The van der Waals surface area contributed by atoms with Crippen LogP contribution < -0.4 is 10.1 Å². The molecule has 2 N–H and O–H groups in total. The Bertz CT molecular complexity index is 399. The Morgan fingerprint density at radius 2 is 1.94 bits per heavy atom. The normalized spacial score (nSPS) is 11.7. The van der Waals surface area contributed by atoms with E-state index in [-0.39, 0.29) is 11.7 Å². The summed E-state index contributed by atoms with van der Waals surface area (Å²) >= 11 is 0. The van der Waals surface area contributed by atoms with E-state index < -0.39 is 12.6 Å². The average molecular weight is 237 g/mol. The predicted octanol–water partition coefficient (Wildman–Crippen LogP) is 0.375. The molecule has 1 unspecified atom stereocenters. The zero-order valence-corrected chi connectivity index (χ0v) is 9.77. The summed E-state index contributed by atoms with van der Waals surface area (Å²) in [6, 6.07) is 5.57. The van der Waals surface area contributed by atoms with Crippen molar-refractivity contribution in [1.82, 2.24) is 5.32 Å². The fourth-order valence-corrected chi connectivity index (χ4v) is 1.40. The molecule has 1 amide bonds. The number of ketones is 1. The van der Waals surface area contributed by atoms with Gasteiger partial charge in [-0.05, 0) is 24.3 Å². The van der Waals surface area contributed by atoms with Crippen molar-refractivity contribution in [3.05, 3.63) is 29.8 Å². The molecule has 0 fully saturated rings. The minimum atomic E-state index is -0.902. The molecule has 0 heterocycles. The van der Waals surface area contributed by atoms with Gasteiger partial charge in [-0.15, -0.1) is 0 Å². The largest absolute Gasteiger partial charge is 0.497 e. The second-order valence-electron chi connectivity index (χ2n) is 3.53. The third-order valence-corrected chi connectivity index (χ3v) is 2.25. The molecular formula is C12H15NO4. The summed E-state index contributed by atoms with van der Waals surface area (Å²) in [5, 5.41) is 11.4. The third-order valence-electron chi connectivity index (χ3n) is 2.25. The molecule has 0 aliphatic heterocycles. The first-order chi connectivity index (χ1) is 8.08. The highest BCUT2D eigenvalue weighted by Crippen LogP contribution is 2.12. The second-order valence-corrected chi connectivity index (χ2v) is 3.53. The molecule has 0 spiro atoms. The number of aliphatic hydroxyl groups excluding tert-OH is 1. The van der Waals surface area contributed by atoms with Gasteiger partial charge < -0.3 is 15.2 Å². The van der Waals surface area contributed by atoms with Crippen LogP contribution in [-0.2, 0) is 4.79 Å². The third kappa shape index (κ3) is 3.57. The lowest BCUT2D eigenvalue weighted by Gasteiger charge is -2.13. The van der Waals surface area contributed by atoms with E-state index in [4.69, 9.17) is 9.84 Å². The number of ether oxygens (including phenoxy) is 1. The number of carbonyl (C=O) groups is 2. The number of nitrogens with one attached hydrogen (secondary N) is 1. The van der Waals surface area contributed by atoms with Gasteiger partial charge in [0.1, 0.15) is 11.8 Å². The van der Waals surface area contributed by atoms with Gasteiger partial charge in [-0.2, -0.15) is 0 Å². The molecule has 0 aromatic heterocycles. The zero-order valence-electron chi connectivity index (χ0n) is 9.77. The van der Waals surface area contributed by atoms with E-state index in [0.717, 1.165) is 0 Å². The maximum atomic E-state index is 11.9. The van der Waals surface area contributed by atoms with Gasteiger partial charge >= 0.3 is 0 Å². The first-order valence-corrected chi connectivity index (χ1v) is 5.14. The highest BCUT2D eigenvalue weighted by molar-refractivity contribution is 6.01. The van der Waals surface area contributed by atoms with Crippen LogP contribution in [0.15, 0.2) is 24.3 Å². The van der Waals surface area contributed by atoms with Gasteiger partial charge in [0.25, 0.3) is 0 Å². The molecule has 5 nitrogen and oxygen atoms in total. The molecule has 0 aliphatic rings. The summed E-state index contributed by atoms with van der Waals surface area (Å²) in [7, 11) is 1.53. The fourth-order valence-electron chi connectivity index (χ4n) is 1.40. The highest BCUT2D eigenvalue weighted by atomic mass is 16.5. The van der Waals surface area contributed by atoms with E-state index in [0.29, 0.717) is 11.3 Å². The molecule has 1 aromatic rings. The van der Waals surface area contributed by atoms with Gasteiger partial charge in [0, 0.05) is 12.5 Å². The van der Waals surface area contributed by atoms with Crippen molar-refractivity contribution < 1.29 is 19.4 Å². The smallest absolute Gasteiger partial charge is 0.217 e. The van der Waals surface area contributed by atoms with Gasteiger partial charge in [0.15, 0.2) is 5.78 Å². The topological polar surface area (TPSA) is 75.6 Å². The second kappa shape index (κ2) is 6.00. The van der Waals surface area contributed by atoms with E-state index in [9.17, 15) is 9.59 Å². The van der Waals surface area contributed by atoms with E-state index in [1.807, 2.05) is 0 Å². The Labute approximate surface area is 99.4 Å². The number of benzene rings is 1. The molecule has 1 atom stereocenters. The molecule has 0 bridgehead atoms. The Morgan fingerprint density at radius 3 is 2.35 bits per heavy atom. The molecule has 0 saturated carbocycles. The Balaban J connectivity index is 2.82. The number of amides is 1. The van der Waals surface area contributed by atoms with E-state index in [2.05, 4.69) is 5.32 Å². The van der Waals surface area contributed by atoms with Crippen LogP contribution in [-0.4, -0.2) is 36.6 Å². The van der Waals surface area contributed by atoms with Crippen molar-refractivity contribution in [2.45, 2.75) is 13.0 Å². The molecule has 1 aromatic carbocycles. The maximum Gasteiger partial charge on any atom is 0.217 e. The van der Waals surface area contributed by atoms with Crippen LogP contribution in [0.5, 0.6) is 5.75 Å². The Hall–Kier alpha value is -1.88. The monoisotopic (exact) mass is 237 g/mol. The quantitative estimate of drug-likeness (QED) is 0.726. The zero-order chi connectivity index (χ0) is 12.8. The molecular weight excluding hydrogens is 222 g/mol. The van der Waals surface area contributed by atoms with Gasteiger partial charge in [0.05, 0.1) is 13.7 Å². The molecule has 1 rings (SSSR count). The van der Waals surface area contributed by atoms with Gasteiger partial charge in [0.2, 0.25) is 5.91 Å². The lowest BCUT2D eigenvalue weighted by atomic mass is 10.0. The van der Waals surface area contributed by atoms with Crippen molar-refractivity contribution in [3.8, 4) is 5.75 Å². The first kappa shape index (κ1) is 13.2. The average Bonchev–Trinajstić information content (AvgIpc) is 2.35. The lowest BCUT2D eigenvalue weighted by Crippen LogP contribution is -2.42. The Morgan fingerprint density at radius 1 is 1.35 bits per heavy atom. The van der Waals surface area contributed by atoms with Crippen LogP contribution in [0.3, 0.4) is 0 Å². The van der Waals surface area contributed by atoms with Crippen molar-refractivity contribution in [1.29, 1.82) is 0 Å². The van der Waals surface area contributed by atoms with Crippen LogP contribution in [0.25, 0.3) is 0 Å². The van der Waals surface area contributed by atoms with E-state index in [1.165, 1.54) is 14.0 Å². The van der Waals surface area contributed by atoms with Crippen LogP contribution in [0.4, 0.5) is 0 Å². The molecule has 0 saturated heterocycles. The summed E-state index contributed by atoms with van der Waals surface area (Å²) in [4.78, 5) is 22.8. The summed E-state index contributed by atoms with van der Waals surface area (Å²) in [6.07, 6.45) is 0. The SMILES string of the molecule is COc1ccc(C(=O)C(CO)NC(C)=O)cc1. The minimum absolute atomic E-state index is 0.328. The number of hydrogen-bond donors (Lipinski definition) is 2. The van der Waals surface area contributed by atoms with Crippen molar-refractivity contribution in [2.24, 2.45) is 0 Å². The highest BCUT2D eigenvalue weighted by Gasteiger charge is 2.19. The van der Waals surface area contributed by atoms with Crippen LogP contribution in [0.1, 0.15) is 17.3 Å². The van der Waals surface area contributed by atoms with Crippen molar-refractivity contribution in [3.63, 3.8) is 0 Å². The van der Waals surface area contributed by atoms with Crippen molar-refractivity contribution in [2.75, 3.05) is 13.7 Å². The fraction of sp³-hybridized carbons (Fsp3) is 0.333. The number of carbonyl (C=O) groups excluding carboxylic acids is 2. The number of aliphatic hydroxyl groups is 1. The number of rotatable bonds is 5. The predicted molar refractivity (Wildman–Crippen MR) is 62.0 cm³/mol. The van der Waals surface area contributed by atoms with E-state index >= 15 is 0 Å². The van der Waals surface area contributed by atoms with Gasteiger partial charge in [-0.3, -0.25) is 9.59 Å². The molecule has 17 heavy (non-hydrogen) atoms. The first-order valence-electron chi connectivity index (χ1n) is 5.14. The summed E-state index contributed by atoms with van der Waals surface area (Å²) in [5.74, 6) is -0.0436. The summed E-state index contributed by atoms with van der Waals surface area (Å²) < 4.78 is 4.97.